The first-order chi connectivity index (χ1) is 11.1. The van der Waals surface area contributed by atoms with Gasteiger partial charge in [0.15, 0.2) is 18.2 Å². The third-order valence-corrected chi connectivity index (χ3v) is 5.75. The summed E-state index contributed by atoms with van der Waals surface area (Å²) in [5.74, 6) is 1.43. The van der Waals surface area contributed by atoms with Crippen molar-refractivity contribution in [2.24, 2.45) is 5.92 Å². The summed E-state index contributed by atoms with van der Waals surface area (Å²) in [6, 6.07) is 4.11. The summed E-state index contributed by atoms with van der Waals surface area (Å²) in [6.45, 7) is 4.93. The summed E-state index contributed by atoms with van der Waals surface area (Å²) >= 11 is 1.70. The van der Waals surface area contributed by atoms with Gasteiger partial charge in [-0.05, 0) is 43.2 Å². The average molecular weight is 326 g/mol. The van der Waals surface area contributed by atoms with Gasteiger partial charge in [-0.2, -0.15) is 4.57 Å². The first kappa shape index (κ1) is 14.6. The number of nitrogens with zero attached hydrogens (tertiary/aromatic N) is 2. The van der Waals surface area contributed by atoms with Crippen LogP contribution < -0.4 is 10.1 Å². The second-order valence-electron chi connectivity index (χ2n) is 6.59. The van der Waals surface area contributed by atoms with Crippen LogP contribution in [0, 0.1) is 12.8 Å². The minimum atomic E-state index is 0.0183. The molecule has 4 nitrogen and oxygen atoms in total. The number of rotatable bonds is 2. The molecule has 0 saturated heterocycles. The van der Waals surface area contributed by atoms with Crippen molar-refractivity contribution in [2.75, 3.05) is 0 Å². The second kappa shape index (κ2) is 5.57. The predicted molar refractivity (Wildman–Crippen MR) is 91.9 cm³/mol. The van der Waals surface area contributed by atoms with E-state index in [-0.39, 0.29) is 5.56 Å². The Kier molecular flexibility index (Phi) is 3.53. The number of fused-ring (bicyclic) bond motifs is 3. The molecule has 0 amide bonds. The molecule has 0 bridgehead atoms. The SMILES string of the molecule is Cc1cc[n+](Cc2nc3sc4c(c3c(=O)[nH]2)CC[C@H](C)C4)cc1. The van der Waals surface area contributed by atoms with Crippen LogP contribution in [0.2, 0.25) is 0 Å². The summed E-state index contributed by atoms with van der Waals surface area (Å²) in [4.78, 5) is 22.5. The van der Waals surface area contributed by atoms with Crippen molar-refractivity contribution < 1.29 is 4.57 Å². The third-order valence-electron chi connectivity index (χ3n) is 4.60. The van der Waals surface area contributed by atoms with Crippen LogP contribution in [0.5, 0.6) is 0 Å². The minimum Gasteiger partial charge on any atom is -0.305 e. The first-order valence-corrected chi connectivity index (χ1v) is 8.91. The molecular weight excluding hydrogens is 306 g/mol. The van der Waals surface area contributed by atoms with Crippen molar-refractivity contribution in [1.82, 2.24) is 9.97 Å². The minimum absolute atomic E-state index is 0.0183. The van der Waals surface area contributed by atoms with E-state index in [1.807, 2.05) is 17.0 Å². The Morgan fingerprint density at radius 3 is 2.96 bits per heavy atom. The number of aryl methyl sites for hydroxylation is 2. The zero-order chi connectivity index (χ0) is 16.0. The van der Waals surface area contributed by atoms with Gasteiger partial charge in [0, 0.05) is 17.0 Å². The van der Waals surface area contributed by atoms with Crippen molar-refractivity contribution in [2.45, 2.75) is 39.7 Å². The molecule has 118 valence electrons. The molecule has 1 aliphatic rings. The maximum atomic E-state index is 12.6. The van der Waals surface area contributed by atoms with E-state index in [0.29, 0.717) is 12.5 Å². The molecule has 1 aliphatic carbocycles. The molecule has 1 atom stereocenters. The van der Waals surface area contributed by atoms with E-state index in [2.05, 4.69) is 31.0 Å². The van der Waals surface area contributed by atoms with Gasteiger partial charge in [0.1, 0.15) is 4.83 Å². The van der Waals surface area contributed by atoms with Gasteiger partial charge in [0.25, 0.3) is 5.56 Å². The van der Waals surface area contributed by atoms with Crippen LogP contribution in [0.3, 0.4) is 0 Å². The van der Waals surface area contributed by atoms with Gasteiger partial charge in [-0.25, -0.2) is 4.98 Å². The van der Waals surface area contributed by atoms with Crippen LogP contribution in [-0.2, 0) is 19.4 Å². The van der Waals surface area contributed by atoms with E-state index in [0.717, 1.165) is 28.9 Å². The Hall–Kier alpha value is -2.01. The molecule has 0 saturated carbocycles. The largest absolute Gasteiger partial charge is 0.305 e. The molecule has 3 aromatic heterocycles. The molecule has 3 heterocycles. The molecule has 0 spiro atoms. The van der Waals surface area contributed by atoms with Crippen LogP contribution >= 0.6 is 11.3 Å². The van der Waals surface area contributed by atoms with Crippen LogP contribution in [0.1, 0.15) is 35.2 Å². The molecule has 0 fully saturated rings. The van der Waals surface area contributed by atoms with Crippen LogP contribution in [-0.4, -0.2) is 9.97 Å². The monoisotopic (exact) mass is 326 g/mol. The summed E-state index contributed by atoms with van der Waals surface area (Å²) in [5, 5.41) is 0.828. The van der Waals surface area contributed by atoms with Gasteiger partial charge in [0.2, 0.25) is 6.54 Å². The zero-order valence-corrected chi connectivity index (χ0v) is 14.2. The average Bonchev–Trinajstić information content (AvgIpc) is 2.87. The summed E-state index contributed by atoms with van der Waals surface area (Å²) in [6.07, 6.45) is 7.28. The lowest BCUT2D eigenvalue weighted by atomic mass is 9.89. The molecule has 0 aromatic carbocycles. The number of hydrogen-bond donors (Lipinski definition) is 1. The van der Waals surface area contributed by atoms with Gasteiger partial charge < -0.3 is 4.98 Å². The quantitative estimate of drug-likeness (QED) is 0.736. The molecular formula is C18H20N3OS+. The summed E-state index contributed by atoms with van der Waals surface area (Å²) in [7, 11) is 0. The van der Waals surface area contributed by atoms with Gasteiger partial charge in [-0.3, -0.25) is 4.79 Å². The predicted octanol–water partition coefficient (Wildman–Crippen LogP) is 2.75. The van der Waals surface area contributed by atoms with E-state index in [4.69, 9.17) is 4.98 Å². The molecule has 23 heavy (non-hydrogen) atoms. The maximum absolute atomic E-state index is 12.6. The topological polar surface area (TPSA) is 49.6 Å². The fraction of sp³-hybridized carbons (Fsp3) is 0.389. The fourth-order valence-electron chi connectivity index (χ4n) is 3.28. The molecule has 5 heteroatoms. The molecule has 0 aliphatic heterocycles. The Balaban J connectivity index is 1.75. The number of aromatic nitrogens is 3. The number of thiophene rings is 1. The lowest BCUT2D eigenvalue weighted by Crippen LogP contribution is -2.35. The Labute approximate surface area is 138 Å². The van der Waals surface area contributed by atoms with Crippen molar-refractivity contribution >= 4 is 21.6 Å². The van der Waals surface area contributed by atoms with Crippen molar-refractivity contribution in [3.05, 3.63) is 56.7 Å². The van der Waals surface area contributed by atoms with Crippen molar-refractivity contribution in [3.8, 4) is 0 Å². The van der Waals surface area contributed by atoms with E-state index < -0.39 is 0 Å². The van der Waals surface area contributed by atoms with Gasteiger partial charge in [0.05, 0.1) is 5.39 Å². The van der Waals surface area contributed by atoms with E-state index in [1.54, 1.807) is 11.3 Å². The molecule has 0 radical (unpaired) electrons. The van der Waals surface area contributed by atoms with Gasteiger partial charge in [-0.15, -0.1) is 11.3 Å². The second-order valence-corrected chi connectivity index (χ2v) is 7.68. The number of aromatic amines is 1. The molecule has 1 N–H and O–H groups in total. The van der Waals surface area contributed by atoms with Crippen LogP contribution in [0.4, 0.5) is 0 Å². The Bertz CT molecular complexity index is 924. The highest BCUT2D eigenvalue weighted by molar-refractivity contribution is 7.18. The van der Waals surface area contributed by atoms with Crippen molar-refractivity contribution in [3.63, 3.8) is 0 Å². The summed E-state index contributed by atoms with van der Waals surface area (Å²) < 4.78 is 2.03. The van der Waals surface area contributed by atoms with E-state index in [9.17, 15) is 4.79 Å². The zero-order valence-electron chi connectivity index (χ0n) is 13.4. The number of H-pyrrole nitrogens is 1. The molecule has 0 unspecified atom stereocenters. The highest BCUT2D eigenvalue weighted by Gasteiger charge is 2.23. The Morgan fingerprint density at radius 2 is 2.17 bits per heavy atom. The first-order valence-electron chi connectivity index (χ1n) is 8.09. The lowest BCUT2D eigenvalue weighted by Gasteiger charge is -2.17. The van der Waals surface area contributed by atoms with Gasteiger partial charge >= 0.3 is 0 Å². The van der Waals surface area contributed by atoms with E-state index in [1.165, 1.54) is 22.4 Å². The maximum Gasteiger partial charge on any atom is 0.260 e. The van der Waals surface area contributed by atoms with Crippen molar-refractivity contribution in [1.29, 1.82) is 0 Å². The lowest BCUT2D eigenvalue weighted by molar-refractivity contribution is -0.689. The fourth-order valence-corrected chi connectivity index (χ4v) is 4.68. The highest BCUT2D eigenvalue weighted by Crippen LogP contribution is 2.35. The van der Waals surface area contributed by atoms with E-state index >= 15 is 0 Å². The number of nitrogens with one attached hydrogen (secondary N) is 1. The third kappa shape index (κ3) is 2.70. The normalized spacial score (nSPS) is 17.4. The number of pyridine rings is 1. The highest BCUT2D eigenvalue weighted by atomic mass is 32.1. The molecule has 4 rings (SSSR count). The Morgan fingerprint density at radius 1 is 1.39 bits per heavy atom. The van der Waals surface area contributed by atoms with Gasteiger partial charge in [-0.1, -0.05) is 6.92 Å². The number of hydrogen-bond acceptors (Lipinski definition) is 3. The van der Waals surface area contributed by atoms with Crippen LogP contribution in [0.25, 0.3) is 10.2 Å². The molecule has 3 aromatic rings. The summed E-state index contributed by atoms with van der Waals surface area (Å²) in [5.41, 5.74) is 2.48. The van der Waals surface area contributed by atoms with Crippen LogP contribution in [0.15, 0.2) is 29.3 Å². The smallest absolute Gasteiger partial charge is 0.260 e. The standard InChI is InChI=1S/C18H19N3OS/c1-11-5-7-21(8-6-11)10-15-19-17(22)16-13-4-3-12(2)9-14(13)23-18(16)20-15/h5-8,12H,3-4,9-10H2,1-2H3/p+1/t12-/m0/s1.